The molecule has 0 aliphatic carbocycles. The molecule has 1 atom stereocenters. The molecule has 1 aromatic heterocycles. The number of anilines is 1. The van der Waals surface area contributed by atoms with E-state index >= 15 is 0 Å². The summed E-state index contributed by atoms with van der Waals surface area (Å²) >= 11 is 6.86. The molecule has 0 saturated carbocycles. The van der Waals surface area contributed by atoms with Crippen molar-refractivity contribution in [2.24, 2.45) is 0 Å². The van der Waals surface area contributed by atoms with E-state index in [1.807, 2.05) is 0 Å². The largest absolute Gasteiger partial charge is 0.299 e. The number of carbonyl (C=O) groups excluding carboxylic acids is 3. The average molecular weight is 365 g/mol. The fourth-order valence-electron chi connectivity index (χ4n) is 2.26. The normalized spacial score (nSPS) is 14.7. The molecule has 2 aromatic rings. The Kier molecular flexibility index (Phi) is 4.59. The van der Waals surface area contributed by atoms with Crippen molar-refractivity contribution in [3.05, 3.63) is 40.4 Å². The van der Waals surface area contributed by atoms with Crippen molar-refractivity contribution in [1.82, 2.24) is 15.1 Å². The molecular weight excluding hydrogens is 352 g/mol. The number of rotatable bonds is 5. The van der Waals surface area contributed by atoms with Crippen LogP contribution in [0, 0.1) is 0 Å². The SMILES string of the molecule is CC(Cl)C(=O)Nc1nnc(CCN2C(=O)c3ccccc3C2=O)s1. The highest BCUT2D eigenvalue weighted by Crippen LogP contribution is 2.23. The van der Waals surface area contributed by atoms with Gasteiger partial charge in [-0.15, -0.1) is 21.8 Å². The monoisotopic (exact) mass is 364 g/mol. The Bertz CT molecular complexity index is 786. The van der Waals surface area contributed by atoms with Crippen molar-refractivity contribution in [3.8, 4) is 0 Å². The van der Waals surface area contributed by atoms with Crippen LogP contribution in [0.3, 0.4) is 0 Å². The minimum Gasteiger partial charge on any atom is -0.299 e. The number of imide groups is 1. The molecule has 1 aromatic carbocycles. The lowest BCUT2D eigenvalue weighted by atomic mass is 10.1. The topological polar surface area (TPSA) is 92.3 Å². The quantitative estimate of drug-likeness (QED) is 0.646. The highest BCUT2D eigenvalue weighted by Gasteiger charge is 2.34. The molecule has 9 heteroatoms. The van der Waals surface area contributed by atoms with E-state index in [1.54, 1.807) is 31.2 Å². The molecule has 1 unspecified atom stereocenters. The molecule has 2 heterocycles. The molecule has 24 heavy (non-hydrogen) atoms. The van der Waals surface area contributed by atoms with Gasteiger partial charge in [-0.25, -0.2) is 0 Å². The van der Waals surface area contributed by atoms with E-state index in [-0.39, 0.29) is 24.3 Å². The van der Waals surface area contributed by atoms with Gasteiger partial charge in [0.2, 0.25) is 11.0 Å². The smallest absolute Gasteiger partial charge is 0.261 e. The Morgan fingerprint density at radius 3 is 2.46 bits per heavy atom. The second-order valence-electron chi connectivity index (χ2n) is 5.16. The molecule has 1 aliphatic rings. The van der Waals surface area contributed by atoms with Crippen molar-refractivity contribution in [3.63, 3.8) is 0 Å². The van der Waals surface area contributed by atoms with Gasteiger partial charge in [-0.3, -0.25) is 24.6 Å². The van der Waals surface area contributed by atoms with E-state index in [2.05, 4.69) is 15.5 Å². The van der Waals surface area contributed by atoms with Crippen LogP contribution in [0.25, 0.3) is 0 Å². The van der Waals surface area contributed by atoms with Gasteiger partial charge in [-0.2, -0.15) is 0 Å². The number of aromatic nitrogens is 2. The predicted octanol–water partition coefficient (Wildman–Crippen LogP) is 1.94. The van der Waals surface area contributed by atoms with Gasteiger partial charge in [0, 0.05) is 13.0 Å². The fraction of sp³-hybridized carbons (Fsp3) is 0.267. The Labute approximate surface area is 146 Å². The molecule has 3 rings (SSSR count). The van der Waals surface area contributed by atoms with E-state index in [1.165, 1.54) is 16.2 Å². The number of hydrogen-bond donors (Lipinski definition) is 1. The second-order valence-corrected chi connectivity index (χ2v) is 6.88. The Morgan fingerprint density at radius 2 is 1.88 bits per heavy atom. The number of benzene rings is 1. The summed E-state index contributed by atoms with van der Waals surface area (Å²) in [5.74, 6) is -0.964. The number of nitrogens with zero attached hydrogens (tertiary/aromatic N) is 3. The van der Waals surface area contributed by atoms with Crippen LogP contribution in [0.15, 0.2) is 24.3 Å². The van der Waals surface area contributed by atoms with Crippen molar-refractivity contribution >= 4 is 45.8 Å². The summed E-state index contributed by atoms with van der Waals surface area (Å²) in [6.07, 6.45) is 0.370. The first kappa shape index (κ1) is 16.5. The number of fused-ring (bicyclic) bond motifs is 1. The van der Waals surface area contributed by atoms with Gasteiger partial charge in [0.05, 0.1) is 11.1 Å². The first-order chi connectivity index (χ1) is 11.5. The summed E-state index contributed by atoms with van der Waals surface area (Å²) in [6.45, 7) is 1.77. The van der Waals surface area contributed by atoms with Crippen LogP contribution in [-0.4, -0.2) is 44.7 Å². The van der Waals surface area contributed by atoms with Crippen molar-refractivity contribution in [2.45, 2.75) is 18.7 Å². The van der Waals surface area contributed by atoms with Crippen molar-refractivity contribution < 1.29 is 14.4 Å². The van der Waals surface area contributed by atoms with Gasteiger partial charge in [0.25, 0.3) is 11.8 Å². The minimum absolute atomic E-state index is 0.209. The Balaban J connectivity index is 1.63. The van der Waals surface area contributed by atoms with Gasteiger partial charge in [0.1, 0.15) is 10.4 Å². The highest BCUT2D eigenvalue weighted by atomic mass is 35.5. The third-order valence-electron chi connectivity index (χ3n) is 3.49. The zero-order valence-electron chi connectivity index (χ0n) is 12.7. The van der Waals surface area contributed by atoms with E-state index in [0.29, 0.717) is 27.7 Å². The molecule has 0 bridgehead atoms. The zero-order valence-corrected chi connectivity index (χ0v) is 14.2. The molecular formula is C15H13ClN4O3S. The summed E-state index contributed by atoms with van der Waals surface area (Å²) in [5.41, 5.74) is 0.840. The molecule has 3 amide bonds. The first-order valence-corrected chi connectivity index (χ1v) is 8.45. The highest BCUT2D eigenvalue weighted by molar-refractivity contribution is 7.15. The number of amides is 3. The third kappa shape index (κ3) is 3.15. The molecule has 1 aliphatic heterocycles. The average Bonchev–Trinajstić information content (AvgIpc) is 3.10. The van der Waals surface area contributed by atoms with Crippen LogP contribution in [0.1, 0.15) is 32.6 Å². The summed E-state index contributed by atoms with van der Waals surface area (Å²) in [7, 11) is 0. The number of halogens is 1. The lowest BCUT2D eigenvalue weighted by Gasteiger charge is -2.12. The molecule has 0 spiro atoms. The third-order valence-corrected chi connectivity index (χ3v) is 4.58. The first-order valence-electron chi connectivity index (χ1n) is 7.20. The molecule has 0 saturated heterocycles. The Morgan fingerprint density at radius 1 is 1.25 bits per heavy atom. The lowest BCUT2D eigenvalue weighted by molar-refractivity contribution is -0.115. The molecule has 0 radical (unpaired) electrons. The van der Waals surface area contributed by atoms with Gasteiger partial charge < -0.3 is 0 Å². The van der Waals surface area contributed by atoms with Crippen LogP contribution in [0.2, 0.25) is 0 Å². The van der Waals surface area contributed by atoms with Crippen LogP contribution >= 0.6 is 22.9 Å². The minimum atomic E-state index is -0.671. The summed E-state index contributed by atoms with van der Waals surface area (Å²) in [4.78, 5) is 37.2. The van der Waals surface area contributed by atoms with E-state index in [4.69, 9.17) is 11.6 Å². The van der Waals surface area contributed by atoms with Crippen LogP contribution in [0.4, 0.5) is 5.13 Å². The maximum atomic E-state index is 12.3. The van der Waals surface area contributed by atoms with Gasteiger partial charge in [-0.1, -0.05) is 23.5 Å². The number of nitrogens with one attached hydrogen (secondary N) is 1. The standard InChI is InChI=1S/C15H13ClN4O3S/c1-8(16)12(21)17-15-19-18-11(24-15)6-7-20-13(22)9-4-2-3-5-10(9)14(20)23/h2-5,8H,6-7H2,1H3,(H,17,19,21). The van der Waals surface area contributed by atoms with Gasteiger partial charge in [-0.05, 0) is 19.1 Å². The van der Waals surface area contributed by atoms with E-state index in [0.717, 1.165) is 0 Å². The zero-order chi connectivity index (χ0) is 17.3. The maximum Gasteiger partial charge on any atom is 0.261 e. The molecule has 124 valence electrons. The van der Waals surface area contributed by atoms with E-state index < -0.39 is 5.38 Å². The predicted molar refractivity (Wildman–Crippen MR) is 89.4 cm³/mol. The summed E-state index contributed by atoms with van der Waals surface area (Å²) in [5, 5.41) is 10.6. The fourth-order valence-corrected chi connectivity index (χ4v) is 3.05. The van der Waals surface area contributed by atoms with Crippen LogP contribution < -0.4 is 5.32 Å². The van der Waals surface area contributed by atoms with Crippen LogP contribution in [-0.2, 0) is 11.2 Å². The second kappa shape index (κ2) is 6.66. The van der Waals surface area contributed by atoms with Gasteiger partial charge >= 0.3 is 0 Å². The maximum absolute atomic E-state index is 12.3. The van der Waals surface area contributed by atoms with Crippen LogP contribution in [0.5, 0.6) is 0 Å². The number of carbonyl (C=O) groups is 3. The van der Waals surface area contributed by atoms with Gasteiger partial charge in [0.15, 0.2) is 0 Å². The molecule has 1 N–H and O–H groups in total. The van der Waals surface area contributed by atoms with E-state index in [9.17, 15) is 14.4 Å². The molecule has 7 nitrogen and oxygen atoms in total. The van der Waals surface area contributed by atoms with Crippen molar-refractivity contribution in [2.75, 3.05) is 11.9 Å². The summed E-state index contributed by atoms with van der Waals surface area (Å²) in [6, 6.07) is 6.74. The summed E-state index contributed by atoms with van der Waals surface area (Å²) < 4.78 is 0. The number of hydrogen-bond acceptors (Lipinski definition) is 6. The van der Waals surface area contributed by atoms with Crippen molar-refractivity contribution in [1.29, 1.82) is 0 Å². The number of alkyl halides is 1. The lowest BCUT2D eigenvalue weighted by Crippen LogP contribution is -2.31. The molecule has 0 fully saturated rings. The Hall–Kier alpha value is -2.32.